The lowest BCUT2D eigenvalue weighted by atomic mass is 10.0. The molecular formula is C53H32N4O. The van der Waals surface area contributed by atoms with Gasteiger partial charge in [-0.2, -0.15) is 0 Å². The van der Waals surface area contributed by atoms with Crippen LogP contribution in [0.3, 0.4) is 0 Å². The van der Waals surface area contributed by atoms with Crippen LogP contribution in [0.5, 0.6) is 0 Å². The largest absolute Gasteiger partial charge is 0.455 e. The van der Waals surface area contributed by atoms with Crippen molar-refractivity contribution in [3.8, 4) is 51.0 Å². The van der Waals surface area contributed by atoms with Crippen molar-refractivity contribution >= 4 is 65.3 Å². The van der Waals surface area contributed by atoms with Gasteiger partial charge in [0.25, 0.3) is 0 Å². The van der Waals surface area contributed by atoms with Crippen LogP contribution in [0.4, 0.5) is 0 Å². The quantitative estimate of drug-likeness (QED) is 0.176. The van der Waals surface area contributed by atoms with E-state index in [9.17, 15) is 0 Å². The monoisotopic (exact) mass is 746 g/mol. The lowest BCUT2D eigenvalue weighted by molar-refractivity contribution is 0.670. The second kappa shape index (κ2) is 12.8. The average Bonchev–Trinajstić information content (AvgIpc) is 3.89. The van der Waals surface area contributed by atoms with Crippen LogP contribution in [0, 0.1) is 0 Å². The number of rotatable bonds is 5. The van der Waals surface area contributed by atoms with Crippen LogP contribution in [0.1, 0.15) is 8.22 Å². The predicted molar refractivity (Wildman–Crippen MR) is 238 cm³/mol. The molecule has 0 unspecified atom stereocenters. The molecule has 9 aromatic carbocycles. The Morgan fingerprint density at radius 1 is 0.414 bits per heavy atom. The van der Waals surface area contributed by atoms with Crippen molar-refractivity contribution in [2.24, 2.45) is 0 Å². The summed E-state index contributed by atoms with van der Waals surface area (Å²) in [6.07, 6.45) is 0. The maximum atomic E-state index is 9.10. The van der Waals surface area contributed by atoms with Gasteiger partial charge in [-0.1, -0.05) is 158 Å². The molecular weight excluding hydrogens is 709 g/mol. The fourth-order valence-corrected chi connectivity index (χ4v) is 8.32. The fourth-order valence-electron chi connectivity index (χ4n) is 8.32. The van der Waals surface area contributed by atoms with Crippen LogP contribution in [0.2, 0.25) is 0 Å². The molecule has 0 spiro atoms. The highest BCUT2D eigenvalue weighted by Gasteiger charge is 2.20. The molecule has 0 bridgehead atoms. The van der Waals surface area contributed by atoms with Gasteiger partial charge in [-0.25, -0.2) is 15.0 Å². The molecule has 5 heteroatoms. The maximum absolute atomic E-state index is 9.10. The fraction of sp³-hybridized carbons (Fsp3) is 0. The lowest BCUT2D eigenvalue weighted by Gasteiger charge is -2.12. The Balaban J connectivity index is 1.12. The summed E-state index contributed by atoms with van der Waals surface area (Å²) in [6, 6.07) is 50.2. The number of nitrogens with zero attached hydrogens (tertiary/aromatic N) is 4. The van der Waals surface area contributed by atoms with Crippen LogP contribution in [-0.4, -0.2) is 19.5 Å². The second-order valence-electron chi connectivity index (χ2n) is 14.3. The highest BCUT2D eigenvalue weighted by Crippen LogP contribution is 2.42. The standard InChI is InChI=1S/C53H32N4O/c1-2-14-35(15-3-1)45-31-37(57-47-26-10-8-22-40(47)41-23-9-11-27-48(41)57)32-46-42-29-28-36(30-49(42)58-50(45)46)51-54-52(43-24-12-18-33-16-4-6-20-38(33)43)56-53(55-51)44-25-13-19-34-17-5-7-21-39(34)44/h1-32H/i8D,9D,22D,23D,26D,27D. The minimum Gasteiger partial charge on any atom is -0.455 e. The number of benzene rings is 9. The zero-order valence-corrected chi connectivity index (χ0v) is 30.7. The molecule has 0 radical (unpaired) electrons. The van der Waals surface area contributed by atoms with E-state index in [1.807, 2.05) is 109 Å². The van der Waals surface area contributed by atoms with Gasteiger partial charge in [0.2, 0.25) is 0 Å². The SMILES string of the molecule is [2H]c1cc([2H])c2c(c1[2H])c1c([2H])c([2H])cc([2H])c1n2-c1cc(-c2ccccc2)c2oc3cc(-c4nc(-c5cccc6ccccc56)nc(-c5cccc6ccccc56)n4)ccc3c2c1. The number of aromatic nitrogens is 4. The van der Waals surface area contributed by atoms with E-state index in [0.29, 0.717) is 34.3 Å². The number of hydrogen-bond donors (Lipinski definition) is 0. The van der Waals surface area contributed by atoms with E-state index < -0.39 is 0 Å². The van der Waals surface area contributed by atoms with Crippen LogP contribution < -0.4 is 0 Å². The smallest absolute Gasteiger partial charge is 0.164 e. The number of hydrogen-bond acceptors (Lipinski definition) is 4. The Kier molecular flexibility index (Phi) is 5.94. The van der Waals surface area contributed by atoms with Crippen molar-refractivity contribution in [1.29, 1.82) is 0 Å². The molecule has 0 saturated carbocycles. The van der Waals surface area contributed by atoms with Gasteiger partial charge in [0.1, 0.15) is 11.2 Å². The molecule has 0 aliphatic heterocycles. The van der Waals surface area contributed by atoms with Crippen molar-refractivity contribution in [3.05, 3.63) is 194 Å². The third kappa shape index (κ3) is 5.07. The van der Waals surface area contributed by atoms with Crippen LogP contribution in [0.15, 0.2) is 198 Å². The predicted octanol–water partition coefficient (Wildman–Crippen LogP) is 13.8. The summed E-state index contributed by atoms with van der Waals surface area (Å²) in [5, 5.41) is 6.18. The molecule has 0 fully saturated rings. The molecule has 3 aromatic heterocycles. The molecule has 12 aromatic rings. The molecule has 0 aliphatic rings. The van der Waals surface area contributed by atoms with Crippen LogP contribution in [-0.2, 0) is 0 Å². The Hall–Kier alpha value is -7.89. The summed E-state index contributed by atoms with van der Waals surface area (Å²) in [5.41, 5.74) is 6.47. The van der Waals surface area contributed by atoms with Crippen molar-refractivity contribution in [3.63, 3.8) is 0 Å². The second-order valence-corrected chi connectivity index (χ2v) is 14.3. The first-order valence-corrected chi connectivity index (χ1v) is 19.0. The van der Waals surface area contributed by atoms with Gasteiger partial charge in [0, 0.05) is 49.5 Å². The summed E-state index contributed by atoms with van der Waals surface area (Å²) in [5.74, 6) is 1.56. The van der Waals surface area contributed by atoms with Crippen molar-refractivity contribution in [1.82, 2.24) is 19.5 Å². The lowest BCUT2D eigenvalue weighted by Crippen LogP contribution is -2.01. The van der Waals surface area contributed by atoms with Gasteiger partial charge in [0.05, 0.1) is 19.3 Å². The first-order chi connectivity index (χ1) is 31.2. The molecule has 270 valence electrons. The van der Waals surface area contributed by atoms with E-state index in [1.54, 1.807) is 4.57 Å². The topological polar surface area (TPSA) is 56.7 Å². The minimum atomic E-state index is -0.165. The van der Waals surface area contributed by atoms with Gasteiger partial charge in [-0.05, 0) is 63.5 Å². The molecule has 0 saturated heterocycles. The minimum absolute atomic E-state index is 0.0244. The van der Waals surface area contributed by atoms with Gasteiger partial charge in [0.15, 0.2) is 17.5 Å². The molecule has 0 aliphatic carbocycles. The highest BCUT2D eigenvalue weighted by molar-refractivity contribution is 6.13. The Morgan fingerprint density at radius 2 is 1.00 bits per heavy atom. The third-order valence-corrected chi connectivity index (χ3v) is 11.0. The van der Waals surface area contributed by atoms with Crippen molar-refractivity contribution in [2.45, 2.75) is 0 Å². The Labute approximate surface area is 341 Å². The molecule has 3 heterocycles. The van der Waals surface area contributed by atoms with E-state index in [2.05, 4.69) is 36.4 Å². The maximum Gasteiger partial charge on any atom is 0.164 e. The van der Waals surface area contributed by atoms with Gasteiger partial charge in [-0.3, -0.25) is 0 Å². The Morgan fingerprint density at radius 3 is 1.66 bits per heavy atom. The summed E-state index contributed by atoms with van der Waals surface area (Å²) in [6.45, 7) is 0. The van der Waals surface area contributed by atoms with Crippen molar-refractivity contribution in [2.75, 3.05) is 0 Å². The third-order valence-electron chi connectivity index (χ3n) is 11.0. The first-order valence-electron chi connectivity index (χ1n) is 22.0. The molecule has 5 nitrogen and oxygen atoms in total. The van der Waals surface area contributed by atoms with Crippen molar-refractivity contribution < 1.29 is 12.6 Å². The summed E-state index contributed by atoms with van der Waals surface area (Å²) >= 11 is 0. The molecule has 12 rings (SSSR count). The molecule has 58 heavy (non-hydrogen) atoms. The van der Waals surface area contributed by atoms with Crippen LogP contribution >= 0.6 is 0 Å². The zero-order valence-electron chi connectivity index (χ0n) is 36.7. The Bertz CT molecular complexity index is 3760. The summed E-state index contributed by atoms with van der Waals surface area (Å²) in [4.78, 5) is 15.4. The number of furan rings is 1. The van der Waals surface area contributed by atoms with E-state index in [-0.39, 0.29) is 58.1 Å². The van der Waals surface area contributed by atoms with E-state index in [4.69, 9.17) is 27.6 Å². The molecule has 0 amide bonds. The molecule has 0 atom stereocenters. The highest BCUT2D eigenvalue weighted by atomic mass is 16.3. The van der Waals surface area contributed by atoms with Crippen LogP contribution in [0.25, 0.3) is 116 Å². The van der Waals surface area contributed by atoms with Gasteiger partial charge in [-0.15, -0.1) is 0 Å². The number of fused-ring (bicyclic) bond motifs is 8. The van der Waals surface area contributed by atoms with Gasteiger partial charge < -0.3 is 8.98 Å². The van der Waals surface area contributed by atoms with E-state index in [0.717, 1.165) is 60.1 Å². The average molecular weight is 747 g/mol. The van der Waals surface area contributed by atoms with E-state index in [1.165, 1.54) is 12.1 Å². The molecule has 0 N–H and O–H groups in total. The summed E-state index contributed by atoms with van der Waals surface area (Å²) < 4.78 is 61.6. The van der Waals surface area contributed by atoms with E-state index >= 15 is 0 Å². The zero-order chi connectivity index (χ0) is 43.4. The summed E-state index contributed by atoms with van der Waals surface area (Å²) in [7, 11) is 0. The number of para-hydroxylation sites is 2. The normalized spacial score (nSPS) is 13.2. The van der Waals surface area contributed by atoms with Gasteiger partial charge >= 0.3 is 0 Å². The first kappa shape index (κ1) is 26.8.